The zero-order valence-electron chi connectivity index (χ0n) is 12.9. The van der Waals surface area contributed by atoms with Gasteiger partial charge in [0.15, 0.2) is 0 Å². The van der Waals surface area contributed by atoms with Crippen LogP contribution in [0.4, 0.5) is 0 Å². The Kier molecular flexibility index (Phi) is 6.54. The Morgan fingerprint density at radius 2 is 1.90 bits per heavy atom. The average molecular weight is 290 g/mol. The summed E-state index contributed by atoms with van der Waals surface area (Å²) in [6.45, 7) is 6.84. The first kappa shape index (κ1) is 15.8. The highest BCUT2D eigenvalue weighted by Crippen LogP contribution is 2.12. The summed E-state index contributed by atoms with van der Waals surface area (Å²) in [4.78, 5) is 14.5. The minimum Gasteiger partial charge on any atom is -0.494 e. The van der Waals surface area contributed by atoms with E-state index >= 15 is 0 Å². The molecule has 2 rings (SSSR count). The van der Waals surface area contributed by atoms with Crippen molar-refractivity contribution in [2.45, 2.75) is 32.6 Å². The molecule has 1 aromatic carbocycles. The number of carbonyl (C=O) groups is 1. The zero-order chi connectivity index (χ0) is 14.9. The van der Waals surface area contributed by atoms with Crippen LogP contribution in [0.2, 0.25) is 0 Å². The highest BCUT2D eigenvalue weighted by atomic mass is 16.5. The first-order valence-corrected chi connectivity index (χ1v) is 8.03. The predicted molar refractivity (Wildman–Crippen MR) is 84.9 cm³/mol. The van der Waals surface area contributed by atoms with E-state index in [0.717, 1.165) is 25.3 Å². The maximum Gasteiger partial charge on any atom is 0.251 e. The summed E-state index contributed by atoms with van der Waals surface area (Å²) in [6.07, 6.45) is 5.02. The Balaban J connectivity index is 1.66. The van der Waals surface area contributed by atoms with Gasteiger partial charge in [-0.25, -0.2) is 0 Å². The second-order valence-corrected chi connectivity index (χ2v) is 5.47. The molecule has 1 heterocycles. The van der Waals surface area contributed by atoms with Crippen LogP contribution in [0.3, 0.4) is 0 Å². The number of nitrogens with one attached hydrogen (secondary N) is 1. The molecule has 1 aliphatic rings. The monoisotopic (exact) mass is 290 g/mol. The van der Waals surface area contributed by atoms with Crippen LogP contribution in [0.25, 0.3) is 0 Å². The summed E-state index contributed by atoms with van der Waals surface area (Å²) >= 11 is 0. The van der Waals surface area contributed by atoms with E-state index in [1.807, 2.05) is 31.2 Å². The van der Waals surface area contributed by atoms with Crippen molar-refractivity contribution >= 4 is 5.91 Å². The van der Waals surface area contributed by atoms with Crippen LogP contribution < -0.4 is 10.1 Å². The molecule has 1 aliphatic heterocycles. The minimum absolute atomic E-state index is 0.00306. The van der Waals surface area contributed by atoms with Gasteiger partial charge in [-0.15, -0.1) is 0 Å². The van der Waals surface area contributed by atoms with Gasteiger partial charge in [-0.05, 0) is 70.1 Å². The molecular formula is C17H26N2O2. The van der Waals surface area contributed by atoms with Gasteiger partial charge >= 0.3 is 0 Å². The van der Waals surface area contributed by atoms with Gasteiger partial charge in [-0.1, -0.05) is 6.42 Å². The molecule has 0 spiro atoms. The lowest BCUT2D eigenvalue weighted by molar-refractivity contribution is 0.0951. The van der Waals surface area contributed by atoms with Crippen LogP contribution in [0.15, 0.2) is 24.3 Å². The third kappa shape index (κ3) is 5.38. The molecule has 0 unspecified atom stereocenters. The molecule has 0 saturated carbocycles. The van der Waals surface area contributed by atoms with Crippen LogP contribution in [-0.2, 0) is 0 Å². The summed E-state index contributed by atoms with van der Waals surface area (Å²) in [6, 6.07) is 7.30. The molecular weight excluding hydrogens is 264 g/mol. The SMILES string of the molecule is CCOc1ccc(C(=O)NCCCN2CCCCC2)cc1. The van der Waals surface area contributed by atoms with Crippen LogP contribution in [-0.4, -0.2) is 43.6 Å². The number of ether oxygens (including phenoxy) is 1. The molecule has 4 nitrogen and oxygen atoms in total. The molecule has 0 radical (unpaired) electrons. The molecule has 0 atom stereocenters. The fraction of sp³-hybridized carbons (Fsp3) is 0.588. The molecule has 116 valence electrons. The van der Waals surface area contributed by atoms with E-state index in [1.165, 1.54) is 32.4 Å². The molecule has 1 saturated heterocycles. The van der Waals surface area contributed by atoms with Crippen molar-refractivity contribution in [2.75, 3.05) is 32.8 Å². The lowest BCUT2D eigenvalue weighted by Crippen LogP contribution is -2.33. The number of likely N-dealkylation sites (tertiary alicyclic amines) is 1. The maximum absolute atomic E-state index is 12.0. The Morgan fingerprint density at radius 3 is 2.57 bits per heavy atom. The third-order valence-corrected chi connectivity index (χ3v) is 3.81. The van der Waals surface area contributed by atoms with Crippen LogP contribution in [0.5, 0.6) is 5.75 Å². The van der Waals surface area contributed by atoms with Gasteiger partial charge in [0, 0.05) is 12.1 Å². The van der Waals surface area contributed by atoms with Crippen LogP contribution in [0, 0.1) is 0 Å². The molecule has 0 aliphatic carbocycles. The predicted octanol–water partition coefficient (Wildman–Crippen LogP) is 2.69. The van der Waals surface area contributed by atoms with E-state index in [2.05, 4.69) is 10.2 Å². The number of benzene rings is 1. The Labute approximate surface area is 127 Å². The Hall–Kier alpha value is -1.55. The highest BCUT2D eigenvalue weighted by molar-refractivity contribution is 5.94. The van der Waals surface area contributed by atoms with Gasteiger partial charge < -0.3 is 15.0 Å². The lowest BCUT2D eigenvalue weighted by Gasteiger charge is -2.26. The summed E-state index contributed by atoms with van der Waals surface area (Å²) in [7, 11) is 0. The Bertz CT molecular complexity index is 425. The van der Waals surface area contributed by atoms with E-state index in [0.29, 0.717) is 12.2 Å². The first-order valence-electron chi connectivity index (χ1n) is 8.03. The average Bonchev–Trinajstić information content (AvgIpc) is 2.53. The molecule has 4 heteroatoms. The Morgan fingerprint density at radius 1 is 1.19 bits per heavy atom. The van der Waals surface area contributed by atoms with Gasteiger partial charge in [0.2, 0.25) is 0 Å². The van der Waals surface area contributed by atoms with E-state index in [1.54, 1.807) is 0 Å². The fourth-order valence-electron chi connectivity index (χ4n) is 2.66. The number of nitrogens with zero attached hydrogens (tertiary/aromatic N) is 1. The number of carbonyl (C=O) groups excluding carboxylic acids is 1. The number of rotatable bonds is 7. The molecule has 1 fully saturated rings. The van der Waals surface area contributed by atoms with E-state index in [-0.39, 0.29) is 5.91 Å². The van der Waals surface area contributed by atoms with Crippen LogP contribution in [0.1, 0.15) is 43.0 Å². The second kappa shape index (κ2) is 8.67. The molecule has 0 aromatic heterocycles. The molecule has 21 heavy (non-hydrogen) atoms. The van der Waals surface area contributed by atoms with Gasteiger partial charge in [0.1, 0.15) is 5.75 Å². The van der Waals surface area contributed by atoms with Gasteiger partial charge in [0.05, 0.1) is 6.61 Å². The third-order valence-electron chi connectivity index (χ3n) is 3.81. The normalized spacial score (nSPS) is 15.7. The summed E-state index contributed by atoms with van der Waals surface area (Å²) in [5.74, 6) is 0.802. The largest absolute Gasteiger partial charge is 0.494 e. The number of amides is 1. The first-order chi connectivity index (χ1) is 10.3. The number of piperidine rings is 1. The zero-order valence-corrected chi connectivity index (χ0v) is 12.9. The van der Waals surface area contributed by atoms with E-state index < -0.39 is 0 Å². The lowest BCUT2D eigenvalue weighted by atomic mass is 10.1. The second-order valence-electron chi connectivity index (χ2n) is 5.47. The summed E-state index contributed by atoms with van der Waals surface area (Å²) in [5.41, 5.74) is 0.691. The molecule has 0 bridgehead atoms. The summed E-state index contributed by atoms with van der Waals surface area (Å²) < 4.78 is 5.37. The highest BCUT2D eigenvalue weighted by Gasteiger charge is 2.09. The molecule has 1 N–H and O–H groups in total. The number of hydrogen-bond acceptors (Lipinski definition) is 3. The van der Waals surface area contributed by atoms with Gasteiger partial charge in [-0.3, -0.25) is 4.79 Å². The van der Waals surface area contributed by atoms with Crippen molar-refractivity contribution < 1.29 is 9.53 Å². The van der Waals surface area contributed by atoms with Crippen molar-refractivity contribution in [1.29, 1.82) is 0 Å². The summed E-state index contributed by atoms with van der Waals surface area (Å²) in [5, 5.41) is 2.98. The topological polar surface area (TPSA) is 41.6 Å². The van der Waals surface area contributed by atoms with Crippen molar-refractivity contribution in [2.24, 2.45) is 0 Å². The van der Waals surface area contributed by atoms with E-state index in [4.69, 9.17) is 4.74 Å². The fourth-order valence-corrected chi connectivity index (χ4v) is 2.66. The molecule has 1 amide bonds. The van der Waals surface area contributed by atoms with Crippen molar-refractivity contribution in [3.05, 3.63) is 29.8 Å². The van der Waals surface area contributed by atoms with Gasteiger partial charge in [-0.2, -0.15) is 0 Å². The smallest absolute Gasteiger partial charge is 0.251 e. The van der Waals surface area contributed by atoms with Crippen molar-refractivity contribution in [3.8, 4) is 5.75 Å². The van der Waals surface area contributed by atoms with Gasteiger partial charge in [0.25, 0.3) is 5.91 Å². The van der Waals surface area contributed by atoms with Crippen molar-refractivity contribution in [3.63, 3.8) is 0 Å². The molecule has 1 aromatic rings. The number of hydrogen-bond donors (Lipinski definition) is 1. The van der Waals surface area contributed by atoms with Crippen LogP contribution >= 0.6 is 0 Å². The quantitative estimate of drug-likeness (QED) is 0.785. The standard InChI is InChI=1S/C17H26N2O2/c1-2-21-16-9-7-15(8-10-16)17(20)18-11-6-14-19-12-4-3-5-13-19/h7-10H,2-6,11-14H2,1H3,(H,18,20). The van der Waals surface area contributed by atoms with Crippen molar-refractivity contribution in [1.82, 2.24) is 10.2 Å². The van der Waals surface area contributed by atoms with E-state index in [9.17, 15) is 4.79 Å². The maximum atomic E-state index is 12.0. The minimum atomic E-state index is -0.00306.